The maximum absolute atomic E-state index is 13.5. The summed E-state index contributed by atoms with van der Waals surface area (Å²) in [5, 5.41) is 9.94. The molecule has 1 N–H and O–H groups in total. The van der Waals surface area contributed by atoms with Gasteiger partial charge in [0.25, 0.3) is 0 Å². The predicted octanol–water partition coefficient (Wildman–Crippen LogP) is 3.10. The first-order valence-electron chi connectivity index (χ1n) is 5.85. The van der Waals surface area contributed by atoms with Crippen LogP contribution in [0.15, 0.2) is 12.1 Å². The molecular weight excluding hydrogens is 245 g/mol. The van der Waals surface area contributed by atoms with Crippen molar-refractivity contribution in [2.45, 2.75) is 37.4 Å². The Morgan fingerprint density at radius 1 is 1.22 bits per heavy atom. The van der Waals surface area contributed by atoms with Crippen LogP contribution in [-0.4, -0.2) is 17.8 Å². The average molecular weight is 260 g/mol. The Bertz CT molecular complexity index is 439. The Morgan fingerprint density at radius 3 is 2.33 bits per heavy atom. The van der Waals surface area contributed by atoms with Gasteiger partial charge >= 0.3 is 0 Å². The molecule has 5 heteroatoms. The molecule has 1 aliphatic carbocycles. The van der Waals surface area contributed by atoms with Gasteiger partial charge in [-0.3, -0.25) is 0 Å². The van der Waals surface area contributed by atoms with Gasteiger partial charge in [-0.25, -0.2) is 13.2 Å². The molecule has 1 atom stereocenters. The van der Waals surface area contributed by atoms with Gasteiger partial charge in [0.1, 0.15) is 5.82 Å². The van der Waals surface area contributed by atoms with Crippen LogP contribution in [0.1, 0.15) is 37.4 Å². The molecule has 18 heavy (non-hydrogen) atoms. The lowest BCUT2D eigenvalue weighted by molar-refractivity contribution is -0.100. The number of hydrogen-bond donors (Lipinski definition) is 1. The minimum Gasteiger partial charge on any atom is -0.388 e. The lowest BCUT2D eigenvalue weighted by atomic mass is 9.75. The summed E-state index contributed by atoms with van der Waals surface area (Å²) in [6.45, 7) is 0. The molecule has 2 nitrogen and oxygen atoms in total. The zero-order valence-corrected chi connectivity index (χ0v) is 10.0. The molecule has 0 bridgehead atoms. The van der Waals surface area contributed by atoms with Crippen molar-refractivity contribution in [3.05, 3.63) is 35.1 Å². The molecule has 0 spiro atoms. The highest BCUT2D eigenvalue weighted by molar-refractivity contribution is 5.23. The van der Waals surface area contributed by atoms with E-state index in [1.54, 1.807) is 0 Å². The van der Waals surface area contributed by atoms with Crippen LogP contribution in [0.2, 0.25) is 0 Å². The van der Waals surface area contributed by atoms with Gasteiger partial charge in [-0.2, -0.15) is 0 Å². The van der Waals surface area contributed by atoms with Crippen LogP contribution < -0.4 is 0 Å². The van der Waals surface area contributed by atoms with Crippen LogP contribution in [0, 0.1) is 17.5 Å². The van der Waals surface area contributed by atoms with Gasteiger partial charge in [0.2, 0.25) is 0 Å². The van der Waals surface area contributed by atoms with E-state index in [0.717, 1.165) is 19.3 Å². The number of hydrogen-bond acceptors (Lipinski definition) is 2. The van der Waals surface area contributed by atoms with Crippen molar-refractivity contribution in [1.29, 1.82) is 0 Å². The SMILES string of the molecule is COC1(CC(O)c2cc(F)c(F)cc2F)CCC1. The Hall–Kier alpha value is -1.07. The third-order valence-electron chi connectivity index (χ3n) is 3.66. The number of aliphatic hydroxyl groups is 1. The number of methoxy groups -OCH3 is 1. The van der Waals surface area contributed by atoms with Crippen molar-refractivity contribution in [2.75, 3.05) is 7.11 Å². The van der Waals surface area contributed by atoms with E-state index in [1.807, 2.05) is 0 Å². The molecule has 0 amide bonds. The van der Waals surface area contributed by atoms with E-state index in [-0.39, 0.29) is 12.0 Å². The minimum atomic E-state index is -1.26. The largest absolute Gasteiger partial charge is 0.388 e. The number of benzene rings is 1. The average Bonchev–Trinajstić information content (AvgIpc) is 2.28. The highest BCUT2D eigenvalue weighted by Gasteiger charge is 2.39. The highest BCUT2D eigenvalue weighted by Crippen LogP contribution is 2.42. The quantitative estimate of drug-likeness (QED) is 0.843. The van der Waals surface area contributed by atoms with Crippen molar-refractivity contribution < 1.29 is 23.0 Å². The van der Waals surface area contributed by atoms with Crippen molar-refractivity contribution >= 4 is 0 Å². The van der Waals surface area contributed by atoms with Crippen LogP contribution in [0.5, 0.6) is 0 Å². The van der Waals surface area contributed by atoms with E-state index in [2.05, 4.69) is 0 Å². The summed E-state index contributed by atoms with van der Waals surface area (Å²) in [7, 11) is 1.54. The number of rotatable bonds is 4. The second-order valence-electron chi connectivity index (χ2n) is 4.75. The van der Waals surface area contributed by atoms with Gasteiger partial charge in [-0.05, 0) is 25.3 Å². The summed E-state index contributed by atoms with van der Waals surface area (Å²) in [6.07, 6.45) is 1.55. The monoisotopic (exact) mass is 260 g/mol. The fourth-order valence-electron chi connectivity index (χ4n) is 2.32. The van der Waals surface area contributed by atoms with E-state index in [9.17, 15) is 18.3 Å². The molecule has 1 fully saturated rings. The smallest absolute Gasteiger partial charge is 0.161 e. The summed E-state index contributed by atoms with van der Waals surface area (Å²) in [6, 6.07) is 1.16. The molecule has 0 saturated heterocycles. The molecule has 2 rings (SSSR count). The molecule has 1 aliphatic rings. The third kappa shape index (κ3) is 2.37. The molecule has 1 aromatic rings. The standard InChI is InChI=1S/C13H15F3O2/c1-18-13(3-2-4-13)7-12(17)8-5-10(15)11(16)6-9(8)14/h5-6,12,17H,2-4,7H2,1H3. The lowest BCUT2D eigenvalue weighted by Crippen LogP contribution is -2.40. The zero-order chi connectivity index (χ0) is 13.3. The normalized spacial score (nSPS) is 19.4. The van der Waals surface area contributed by atoms with E-state index in [1.165, 1.54) is 7.11 Å². The molecule has 0 radical (unpaired) electrons. The molecule has 0 aromatic heterocycles. The Balaban J connectivity index is 2.18. The zero-order valence-electron chi connectivity index (χ0n) is 10.0. The number of aliphatic hydroxyl groups excluding tert-OH is 1. The molecule has 0 heterocycles. The van der Waals surface area contributed by atoms with Crippen LogP contribution >= 0.6 is 0 Å². The molecule has 1 saturated carbocycles. The maximum atomic E-state index is 13.5. The summed E-state index contributed by atoms with van der Waals surface area (Å²) in [5.41, 5.74) is -0.686. The Kier molecular flexibility index (Phi) is 3.64. The summed E-state index contributed by atoms with van der Waals surface area (Å²) in [5.74, 6) is -3.36. The van der Waals surface area contributed by atoms with Crippen LogP contribution in [0.3, 0.4) is 0 Å². The highest BCUT2D eigenvalue weighted by atomic mass is 19.2. The molecule has 1 unspecified atom stereocenters. The minimum absolute atomic E-state index is 0.186. The first kappa shape index (κ1) is 13.4. The van der Waals surface area contributed by atoms with Crippen molar-refractivity contribution in [2.24, 2.45) is 0 Å². The van der Waals surface area contributed by atoms with Gasteiger partial charge in [-0.15, -0.1) is 0 Å². The fourth-order valence-corrected chi connectivity index (χ4v) is 2.32. The van der Waals surface area contributed by atoms with Gasteiger partial charge < -0.3 is 9.84 Å². The second kappa shape index (κ2) is 4.90. The van der Waals surface area contributed by atoms with Gasteiger partial charge in [0.05, 0.1) is 11.7 Å². The lowest BCUT2D eigenvalue weighted by Gasteiger charge is -2.41. The van der Waals surface area contributed by atoms with Crippen LogP contribution in [-0.2, 0) is 4.74 Å². The molecule has 1 aromatic carbocycles. The van der Waals surface area contributed by atoms with Gasteiger partial charge in [-0.1, -0.05) is 0 Å². The van der Waals surface area contributed by atoms with E-state index < -0.39 is 29.2 Å². The number of halogens is 3. The van der Waals surface area contributed by atoms with Gasteiger partial charge in [0.15, 0.2) is 11.6 Å². The summed E-state index contributed by atoms with van der Waals surface area (Å²) in [4.78, 5) is 0. The maximum Gasteiger partial charge on any atom is 0.161 e. The fraction of sp³-hybridized carbons (Fsp3) is 0.538. The molecule has 0 aliphatic heterocycles. The van der Waals surface area contributed by atoms with Crippen molar-refractivity contribution in [1.82, 2.24) is 0 Å². The van der Waals surface area contributed by atoms with E-state index in [4.69, 9.17) is 4.74 Å². The van der Waals surface area contributed by atoms with Crippen LogP contribution in [0.4, 0.5) is 13.2 Å². The van der Waals surface area contributed by atoms with Gasteiger partial charge in [0, 0.05) is 25.2 Å². The second-order valence-corrected chi connectivity index (χ2v) is 4.75. The van der Waals surface area contributed by atoms with Crippen molar-refractivity contribution in [3.8, 4) is 0 Å². The first-order chi connectivity index (χ1) is 8.47. The summed E-state index contributed by atoms with van der Waals surface area (Å²) >= 11 is 0. The third-order valence-corrected chi connectivity index (χ3v) is 3.66. The van der Waals surface area contributed by atoms with Crippen LogP contribution in [0.25, 0.3) is 0 Å². The van der Waals surface area contributed by atoms with E-state index >= 15 is 0 Å². The summed E-state index contributed by atoms with van der Waals surface area (Å²) < 4.78 is 44.6. The molecule has 100 valence electrons. The van der Waals surface area contributed by atoms with E-state index in [0.29, 0.717) is 12.1 Å². The Labute approximate surface area is 103 Å². The predicted molar refractivity (Wildman–Crippen MR) is 59.5 cm³/mol. The molecular formula is C13H15F3O2. The first-order valence-corrected chi connectivity index (χ1v) is 5.85. The Morgan fingerprint density at radius 2 is 1.83 bits per heavy atom. The topological polar surface area (TPSA) is 29.5 Å². The van der Waals surface area contributed by atoms with Crippen molar-refractivity contribution in [3.63, 3.8) is 0 Å². The number of ether oxygens (including phenoxy) is 1.